The Morgan fingerprint density at radius 3 is 2.67 bits per heavy atom. The van der Waals surface area contributed by atoms with Crippen molar-refractivity contribution in [2.75, 3.05) is 7.05 Å². The largest absolute Gasteiger partial charge is 0.393 e. The van der Waals surface area contributed by atoms with Gasteiger partial charge in [0, 0.05) is 19.5 Å². The van der Waals surface area contributed by atoms with Gasteiger partial charge in [0.15, 0.2) is 0 Å². The lowest BCUT2D eigenvalue weighted by Crippen LogP contribution is -2.37. The van der Waals surface area contributed by atoms with Gasteiger partial charge in [0.1, 0.15) is 11.6 Å². The number of hydrogen-bond donors (Lipinski definition) is 1. The zero-order valence-electron chi connectivity index (χ0n) is 10.1. The molecular weight excluding hydrogens is 258 g/mol. The van der Waals surface area contributed by atoms with Crippen molar-refractivity contribution in [3.63, 3.8) is 0 Å². The van der Waals surface area contributed by atoms with Crippen molar-refractivity contribution in [3.05, 3.63) is 35.4 Å². The number of rotatable bonds is 4. The molecule has 98 valence electrons. The first-order valence-corrected chi connectivity index (χ1v) is 5.74. The monoisotopic (exact) mass is 272 g/mol. The van der Waals surface area contributed by atoms with Crippen LogP contribution in [0.1, 0.15) is 23.7 Å². The van der Waals surface area contributed by atoms with E-state index in [0.29, 0.717) is 6.42 Å². The van der Waals surface area contributed by atoms with Crippen LogP contribution in [0.25, 0.3) is 0 Å². The first-order valence-electron chi connectivity index (χ1n) is 5.33. The normalized spacial score (nSPS) is 12.0. The van der Waals surface area contributed by atoms with E-state index in [1.54, 1.807) is 6.92 Å². The molecule has 1 aromatic rings. The van der Waals surface area contributed by atoms with Crippen molar-refractivity contribution < 1.29 is 13.6 Å². The smallest absolute Gasteiger partial charge is 0.256 e. The molecule has 0 fully saturated rings. The van der Waals surface area contributed by atoms with Crippen LogP contribution in [0.2, 0.25) is 0 Å². The van der Waals surface area contributed by atoms with Crippen LogP contribution in [0.15, 0.2) is 18.2 Å². The van der Waals surface area contributed by atoms with E-state index in [2.05, 4.69) is 0 Å². The second-order valence-electron chi connectivity index (χ2n) is 4.06. The fourth-order valence-corrected chi connectivity index (χ4v) is 1.72. The SMILES string of the molecule is CC(CC(N)=S)N(C)C(=O)c1cc(F)ccc1F. The number of amides is 1. The van der Waals surface area contributed by atoms with Crippen molar-refractivity contribution in [1.82, 2.24) is 4.90 Å². The van der Waals surface area contributed by atoms with E-state index in [0.717, 1.165) is 18.2 Å². The van der Waals surface area contributed by atoms with E-state index in [-0.39, 0.29) is 16.6 Å². The molecule has 1 amide bonds. The number of nitrogens with two attached hydrogens (primary N) is 1. The molecule has 1 atom stereocenters. The number of halogens is 2. The van der Waals surface area contributed by atoms with Crippen molar-refractivity contribution in [2.24, 2.45) is 5.73 Å². The van der Waals surface area contributed by atoms with Crippen LogP contribution in [-0.4, -0.2) is 28.9 Å². The van der Waals surface area contributed by atoms with Gasteiger partial charge in [-0.3, -0.25) is 4.79 Å². The first kappa shape index (κ1) is 14.5. The Kier molecular flexibility index (Phi) is 4.72. The van der Waals surface area contributed by atoms with E-state index >= 15 is 0 Å². The Bertz CT molecular complexity index is 479. The third kappa shape index (κ3) is 3.46. The number of thiocarbonyl (C=S) groups is 1. The molecule has 0 aliphatic carbocycles. The lowest BCUT2D eigenvalue weighted by atomic mass is 10.1. The minimum atomic E-state index is -0.754. The van der Waals surface area contributed by atoms with E-state index < -0.39 is 17.5 Å². The van der Waals surface area contributed by atoms with Crippen LogP contribution < -0.4 is 5.73 Å². The van der Waals surface area contributed by atoms with Crippen LogP contribution in [0.4, 0.5) is 8.78 Å². The maximum absolute atomic E-state index is 13.4. The molecule has 18 heavy (non-hydrogen) atoms. The maximum Gasteiger partial charge on any atom is 0.256 e. The quantitative estimate of drug-likeness (QED) is 0.854. The maximum atomic E-state index is 13.4. The fourth-order valence-electron chi connectivity index (χ4n) is 1.48. The molecule has 0 saturated carbocycles. The Morgan fingerprint density at radius 1 is 1.50 bits per heavy atom. The van der Waals surface area contributed by atoms with Gasteiger partial charge < -0.3 is 10.6 Å². The summed E-state index contributed by atoms with van der Waals surface area (Å²) >= 11 is 4.75. The van der Waals surface area contributed by atoms with E-state index in [4.69, 9.17) is 18.0 Å². The highest BCUT2D eigenvalue weighted by atomic mass is 32.1. The molecule has 1 rings (SSSR count). The van der Waals surface area contributed by atoms with Gasteiger partial charge in [0.25, 0.3) is 5.91 Å². The summed E-state index contributed by atoms with van der Waals surface area (Å²) in [6.45, 7) is 1.73. The first-order chi connectivity index (χ1) is 8.32. The third-order valence-corrected chi connectivity index (χ3v) is 2.80. The highest BCUT2D eigenvalue weighted by Crippen LogP contribution is 2.14. The zero-order chi connectivity index (χ0) is 13.9. The van der Waals surface area contributed by atoms with Crippen molar-refractivity contribution >= 4 is 23.1 Å². The Hall–Kier alpha value is -1.56. The van der Waals surface area contributed by atoms with Crippen LogP contribution in [-0.2, 0) is 0 Å². The summed E-state index contributed by atoms with van der Waals surface area (Å²) in [5, 5.41) is 0. The van der Waals surface area contributed by atoms with E-state index in [9.17, 15) is 13.6 Å². The summed E-state index contributed by atoms with van der Waals surface area (Å²) in [6, 6.07) is 2.48. The molecule has 0 aliphatic rings. The predicted molar refractivity (Wildman–Crippen MR) is 69.3 cm³/mol. The molecule has 0 saturated heterocycles. The van der Waals surface area contributed by atoms with Crippen LogP contribution in [0, 0.1) is 11.6 Å². The van der Waals surface area contributed by atoms with Crippen molar-refractivity contribution in [1.29, 1.82) is 0 Å². The van der Waals surface area contributed by atoms with Crippen LogP contribution in [0.3, 0.4) is 0 Å². The lowest BCUT2D eigenvalue weighted by Gasteiger charge is -2.24. The second-order valence-corrected chi connectivity index (χ2v) is 4.58. The predicted octanol–water partition coefficient (Wildman–Crippen LogP) is 2.10. The Morgan fingerprint density at radius 2 is 2.11 bits per heavy atom. The minimum absolute atomic E-state index is 0.266. The molecule has 0 aliphatic heterocycles. The summed E-state index contributed by atoms with van der Waals surface area (Å²) in [5.41, 5.74) is 5.08. The minimum Gasteiger partial charge on any atom is -0.393 e. The summed E-state index contributed by atoms with van der Waals surface area (Å²) < 4.78 is 26.4. The lowest BCUT2D eigenvalue weighted by molar-refractivity contribution is 0.0743. The number of nitrogens with zero attached hydrogens (tertiary/aromatic N) is 1. The number of hydrogen-bond acceptors (Lipinski definition) is 2. The molecule has 2 N–H and O–H groups in total. The number of benzene rings is 1. The number of carbonyl (C=O) groups excluding carboxylic acids is 1. The van der Waals surface area contributed by atoms with Gasteiger partial charge in [-0.25, -0.2) is 8.78 Å². The molecule has 3 nitrogen and oxygen atoms in total. The molecule has 0 aromatic heterocycles. The fraction of sp³-hybridized carbons (Fsp3) is 0.333. The van der Waals surface area contributed by atoms with Gasteiger partial charge in [-0.05, 0) is 25.1 Å². The van der Waals surface area contributed by atoms with Crippen molar-refractivity contribution in [3.8, 4) is 0 Å². The average Bonchev–Trinajstić information content (AvgIpc) is 2.29. The standard InChI is InChI=1S/C12H14F2N2OS/c1-7(5-11(15)18)16(2)12(17)9-6-8(13)3-4-10(9)14/h3-4,6-7H,5H2,1-2H3,(H2,15,18). The van der Waals surface area contributed by atoms with E-state index in [1.807, 2.05) is 0 Å². The van der Waals surface area contributed by atoms with Crippen LogP contribution >= 0.6 is 12.2 Å². The van der Waals surface area contributed by atoms with E-state index in [1.165, 1.54) is 11.9 Å². The average molecular weight is 272 g/mol. The topological polar surface area (TPSA) is 46.3 Å². The third-order valence-electron chi connectivity index (χ3n) is 2.64. The molecule has 6 heteroatoms. The van der Waals surface area contributed by atoms with Gasteiger partial charge >= 0.3 is 0 Å². The molecule has 0 radical (unpaired) electrons. The van der Waals surface area contributed by atoms with Crippen LogP contribution in [0.5, 0.6) is 0 Å². The van der Waals surface area contributed by atoms with Gasteiger partial charge in [0.05, 0.1) is 10.6 Å². The molecule has 1 unspecified atom stereocenters. The van der Waals surface area contributed by atoms with Crippen molar-refractivity contribution in [2.45, 2.75) is 19.4 Å². The molecule has 0 heterocycles. The highest BCUT2D eigenvalue weighted by molar-refractivity contribution is 7.80. The molecule has 1 aromatic carbocycles. The highest BCUT2D eigenvalue weighted by Gasteiger charge is 2.21. The summed E-state index contributed by atoms with van der Waals surface area (Å²) in [6.07, 6.45) is 0.328. The zero-order valence-corrected chi connectivity index (χ0v) is 10.9. The summed E-state index contributed by atoms with van der Waals surface area (Å²) in [5.74, 6) is -2.01. The molecule has 0 spiro atoms. The molecular formula is C12H14F2N2OS. The second kappa shape index (κ2) is 5.86. The summed E-state index contributed by atoms with van der Waals surface area (Å²) in [4.78, 5) is 13.5. The molecule has 0 bridgehead atoms. The Balaban J connectivity index is 2.92. The van der Waals surface area contributed by atoms with Gasteiger partial charge in [-0.1, -0.05) is 12.2 Å². The van der Waals surface area contributed by atoms with Gasteiger partial charge in [0.2, 0.25) is 0 Å². The van der Waals surface area contributed by atoms with Gasteiger partial charge in [-0.2, -0.15) is 0 Å². The number of carbonyl (C=O) groups is 1. The van der Waals surface area contributed by atoms with Gasteiger partial charge in [-0.15, -0.1) is 0 Å². The Labute approximate surface area is 110 Å². The summed E-state index contributed by atoms with van der Waals surface area (Å²) in [7, 11) is 1.50.